The van der Waals surface area contributed by atoms with Crippen LogP contribution >= 0.6 is 0 Å². The fourth-order valence-corrected chi connectivity index (χ4v) is 3.85. The Balaban J connectivity index is 1.48. The first-order valence-electron chi connectivity index (χ1n) is 9.59. The number of amides is 2. The van der Waals surface area contributed by atoms with Crippen molar-refractivity contribution in [3.05, 3.63) is 29.8 Å². The molecule has 0 aliphatic carbocycles. The molecule has 3 saturated heterocycles. The van der Waals surface area contributed by atoms with E-state index in [1.165, 1.54) is 0 Å². The Bertz CT molecular complexity index is 735. The van der Waals surface area contributed by atoms with Gasteiger partial charge in [0.05, 0.1) is 12.6 Å². The predicted octanol–water partition coefficient (Wildman–Crippen LogP) is 2.51. The second-order valence-electron chi connectivity index (χ2n) is 8.43. The topological polar surface area (TPSA) is 87.3 Å². The zero-order valence-electron chi connectivity index (χ0n) is 16.9. The fraction of sp³-hybridized carbons (Fsp3) is 0.650. The van der Waals surface area contributed by atoms with E-state index in [2.05, 4.69) is 10.6 Å². The first-order valence-corrected chi connectivity index (χ1v) is 9.59. The maximum absolute atomic E-state index is 12.6. The molecule has 3 aliphatic rings. The molecule has 28 heavy (non-hydrogen) atoms. The van der Waals surface area contributed by atoms with Crippen molar-refractivity contribution in [1.82, 2.24) is 5.32 Å². The highest BCUT2D eigenvalue weighted by Crippen LogP contribution is 2.40. The molecule has 2 unspecified atom stereocenters. The fourth-order valence-electron chi connectivity index (χ4n) is 3.85. The van der Waals surface area contributed by atoms with Gasteiger partial charge in [-0.1, -0.05) is 17.7 Å². The zero-order chi connectivity index (χ0) is 20.1. The van der Waals surface area contributed by atoms with Gasteiger partial charge in [-0.05, 0) is 46.8 Å². The molecule has 0 radical (unpaired) electrons. The van der Waals surface area contributed by atoms with Crippen LogP contribution in [0.2, 0.25) is 0 Å². The molecule has 2 amide bonds. The van der Waals surface area contributed by atoms with E-state index in [-0.39, 0.29) is 12.1 Å². The summed E-state index contributed by atoms with van der Waals surface area (Å²) in [6.07, 6.45) is -1.79. The van der Waals surface area contributed by atoms with E-state index in [0.717, 1.165) is 5.56 Å². The highest BCUT2D eigenvalue weighted by atomic mass is 16.8. The van der Waals surface area contributed by atoms with Gasteiger partial charge < -0.3 is 34.3 Å². The summed E-state index contributed by atoms with van der Waals surface area (Å²) in [5, 5.41) is 5.84. The second-order valence-corrected chi connectivity index (χ2v) is 8.43. The van der Waals surface area contributed by atoms with Crippen molar-refractivity contribution in [3.8, 4) is 0 Å². The van der Waals surface area contributed by atoms with Gasteiger partial charge in [-0.3, -0.25) is 0 Å². The van der Waals surface area contributed by atoms with Gasteiger partial charge in [0.25, 0.3) is 0 Å². The molecule has 3 fully saturated rings. The number of anilines is 1. The number of hydrogen-bond acceptors (Lipinski definition) is 6. The molecular formula is C20H28N2O6. The second kappa shape index (κ2) is 6.96. The Kier molecular flexibility index (Phi) is 4.87. The summed E-state index contributed by atoms with van der Waals surface area (Å²) in [6, 6.07) is 6.81. The number of benzene rings is 1. The summed E-state index contributed by atoms with van der Waals surface area (Å²) in [5.41, 5.74) is 1.83. The lowest BCUT2D eigenvalue weighted by Gasteiger charge is -2.29. The van der Waals surface area contributed by atoms with Gasteiger partial charge in [-0.2, -0.15) is 0 Å². The molecule has 0 bridgehead atoms. The number of urea groups is 1. The van der Waals surface area contributed by atoms with Crippen molar-refractivity contribution in [2.45, 2.75) is 76.8 Å². The van der Waals surface area contributed by atoms with Crippen LogP contribution in [0, 0.1) is 6.92 Å². The monoisotopic (exact) mass is 392 g/mol. The lowest BCUT2D eigenvalue weighted by Crippen LogP contribution is -2.53. The van der Waals surface area contributed by atoms with Gasteiger partial charge in [-0.25, -0.2) is 4.79 Å². The molecule has 3 aliphatic heterocycles. The van der Waals surface area contributed by atoms with Gasteiger partial charge >= 0.3 is 6.03 Å². The Morgan fingerprint density at radius 2 is 1.71 bits per heavy atom. The Hall–Kier alpha value is -1.71. The van der Waals surface area contributed by atoms with Crippen LogP contribution in [0.25, 0.3) is 0 Å². The van der Waals surface area contributed by atoms with E-state index in [0.29, 0.717) is 12.3 Å². The molecule has 154 valence electrons. The molecule has 0 saturated carbocycles. The SMILES string of the molecule is Cc1ccc(NC(=O)NC2[C@@H](C3COC(C)(C)O3)O[C@@H]3OC(C)(C)O[C@H]23)cc1. The van der Waals surface area contributed by atoms with Gasteiger partial charge in [0.1, 0.15) is 18.3 Å². The van der Waals surface area contributed by atoms with Crippen molar-refractivity contribution in [2.24, 2.45) is 0 Å². The number of fused-ring (bicyclic) bond motifs is 1. The van der Waals surface area contributed by atoms with Crippen LogP contribution in [0.3, 0.4) is 0 Å². The third-order valence-electron chi connectivity index (χ3n) is 5.09. The number of aryl methyl sites for hydroxylation is 1. The predicted molar refractivity (Wildman–Crippen MR) is 101 cm³/mol. The van der Waals surface area contributed by atoms with E-state index in [4.69, 9.17) is 23.7 Å². The first-order chi connectivity index (χ1) is 13.1. The summed E-state index contributed by atoms with van der Waals surface area (Å²) in [6.45, 7) is 9.72. The molecule has 1 aromatic rings. The van der Waals surface area contributed by atoms with Crippen LogP contribution < -0.4 is 10.6 Å². The van der Waals surface area contributed by atoms with E-state index < -0.39 is 36.1 Å². The van der Waals surface area contributed by atoms with Crippen LogP contribution in [0.5, 0.6) is 0 Å². The van der Waals surface area contributed by atoms with Crippen molar-refractivity contribution in [2.75, 3.05) is 11.9 Å². The molecule has 0 spiro atoms. The number of carbonyl (C=O) groups is 1. The number of hydrogen-bond donors (Lipinski definition) is 2. The number of rotatable bonds is 3. The molecule has 0 aromatic heterocycles. The lowest BCUT2D eigenvalue weighted by molar-refractivity contribution is -0.223. The molecule has 1 aromatic carbocycles. The number of ether oxygens (including phenoxy) is 5. The van der Waals surface area contributed by atoms with Gasteiger partial charge in [-0.15, -0.1) is 0 Å². The molecule has 8 heteroatoms. The van der Waals surface area contributed by atoms with E-state index in [1.807, 2.05) is 58.9 Å². The van der Waals surface area contributed by atoms with Gasteiger partial charge in [0.15, 0.2) is 17.9 Å². The van der Waals surface area contributed by atoms with Crippen LogP contribution in [0.15, 0.2) is 24.3 Å². The minimum atomic E-state index is -0.778. The van der Waals surface area contributed by atoms with Gasteiger partial charge in [0.2, 0.25) is 0 Å². The molecule has 8 nitrogen and oxygen atoms in total. The third-order valence-corrected chi connectivity index (χ3v) is 5.09. The summed E-state index contributed by atoms with van der Waals surface area (Å²) in [7, 11) is 0. The van der Waals surface area contributed by atoms with E-state index >= 15 is 0 Å². The maximum Gasteiger partial charge on any atom is 0.319 e. The molecule has 4 rings (SSSR count). The maximum atomic E-state index is 12.6. The average Bonchev–Trinajstić information content (AvgIpc) is 3.20. The molecule has 5 atom stereocenters. The first kappa shape index (κ1) is 19.6. The highest BCUT2D eigenvalue weighted by Gasteiger charge is 2.58. The van der Waals surface area contributed by atoms with Crippen LogP contribution in [0.1, 0.15) is 33.3 Å². The quantitative estimate of drug-likeness (QED) is 0.822. The normalized spacial score (nSPS) is 35.5. The number of carbonyl (C=O) groups excluding carboxylic acids is 1. The summed E-state index contributed by atoms with van der Waals surface area (Å²) in [5.74, 6) is -1.47. The highest BCUT2D eigenvalue weighted by molar-refractivity contribution is 5.89. The largest absolute Gasteiger partial charge is 0.348 e. The minimum absolute atomic E-state index is 0.333. The van der Waals surface area contributed by atoms with Crippen LogP contribution in [-0.4, -0.2) is 54.9 Å². The zero-order valence-corrected chi connectivity index (χ0v) is 16.9. The Labute approximate surface area is 164 Å². The third kappa shape index (κ3) is 4.01. The molecular weight excluding hydrogens is 364 g/mol. The Morgan fingerprint density at radius 1 is 1.00 bits per heavy atom. The van der Waals surface area contributed by atoms with Crippen molar-refractivity contribution >= 4 is 11.7 Å². The standard InChI is InChI=1S/C20H28N2O6/c1-11-6-8-12(9-7-11)21-18(23)22-14-15(13-10-24-19(2,3)26-13)25-17-16(14)27-20(4,5)28-17/h6-9,13-17H,10H2,1-5H3,(H2,21,22,23)/t13?,14?,15-,16-,17-/m1/s1. The number of nitrogens with one attached hydrogen (secondary N) is 2. The van der Waals surface area contributed by atoms with Crippen molar-refractivity contribution in [1.29, 1.82) is 0 Å². The van der Waals surface area contributed by atoms with Crippen LogP contribution in [-0.2, 0) is 23.7 Å². The average molecular weight is 392 g/mol. The van der Waals surface area contributed by atoms with Crippen molar-refractivity contribution < 1.29 is 28.5 Å². The Morgan fingerprint density at radius 3 is 2.36 bits per heavy atom. The summed E-state index contributed by atoms with van der Waals surface area (Å²) < 4.78 is 29.6. The summed E-state index contributed by atoms with van der Waals surface area (Å²) in [4.78, 5) is 12.6. The molecule has 2 N–H and O–H groups in total. The van der Waals surface area contributed by atoms with E-state index in [9.17, 15) is 4.79 Å². The van der Waals surface area contributed by atoms with E-state index in [1.54, 1.807) is 0 Å². The molecule has 3 heterocycles. The van der Waals surface area contributed by atoms with Crippen molar-refractivity contribution in [3.63, 3.8) is 0 Å². The van der Waals surface area contributed by atoms with Gasteiger partial charge in [0, 0.05) is 5.69 Å². The smallest absolute Gasteiger partial charge is 0.319 e. The van der Waals surface area contributed by atoms with Crippen LogP contribution in [0.4, 0.5) is 10.5 Å². The minimum Gasteiger partial charge on any atom is -0.348 e. The summed E-state index contributed by atoms with van der Waals surface area (Å²) >= 11 is 0. The lowest BCUT2D eigenvalue weighted by atomic mass is 10.0.